The van der Waals surface area contributed by atoms with Crippen molar-refractivity contribution >= 4 is 33.9 Å². The van der Waals surface area contributed by atoms with Crippen molar-refractivity contribution in [3.05, 3.63) is 58.3 Å². The Morgan fingerprint density at radius 1 is 1.38 bits per heavy atom. The number of aliphatic hydroxyl groups is 1. The van der Waals surface area contributed by atoms with Crippen LogP contribution in [-0.2, 0) is 0 Å². The van der Waals surface area contributed by atoms with Crippen LogP contribution in [0.15, 0.2) is 35.8 Å². The highest BCUT2D eigenvalue weighted by Gasteiger charge is 2.33. The third-order valence-corrected chi connectivity index (χ3v) is 5.62. The first-order valence-electron chi connectivity index (χ1n) is 10.4. The molecule has 1 aliphatic rings. The average molecular weight is 439 g/mol. The third kappa shape index (κ3) is 3.59. The van der Waals surface area contributed by atoms with Crippen LogP contribution >= 0.6 is 0 Å². The Morgan fingerprint density at radius 3 is 2.69 bits per heavy atom. The Balaban J connectivity index is 1.82. The van der Waals surface area contributed by atoms with Crippen LogP contribution < -0.4 is 26.5 Å². The zero-order valence-electron chi connectivity index (χ0n) is 18.0. The van der Waals surface area contributed by atoms with Crippen molar-refractivity contribution in [2.75, 3.05) is 36.6 Å². The number of fused-ring (bicyclic) bond motifs is 1. The Morgan fingerprint density at radius 2 is 2.09 bits per heavy atom. The summed E-state index contributed by atoms with van der Waals surface area (Å²) in [4.78, 5) is 17.4. The van der Waals surface area contributed by atoms with E-state index in [2.05, 4.69) is 22.2 Å². The number of rotatable bonds is 8. The molecule has 0 radical (unpaired) electrons. The van der Waals surface area contributed by atoms with E-state index < -0.39 is 11.2 Å². The van der Waals surface area contributed by atoms with Gasteiger partial charge in [0.05, 0.1) is 29.3 Å². The number of aliphatic hydroxyl groups excluding tert-OH is 1. The zero-order valence-corrected chi connectivity index (χ0v) is 18.0. The van der Waals surface area contributed by atoms with Gasteiger partial charge in [-0.25, -0.2) is 9.37 Å². The predicted octanol–water partition coefficient (Wildman–Crippen LogP) is 3.82. The molecule has 2 aromatic heterocycles. The molecule has 168 valence electrons. The summed E-state index contributed by atoms with van der Waals surface area (Å²) in [5.74, 6) is -0.239. The van der Waals surface area contributed by atoms with E-state index in [1.807, 2.05) is 22.8 Å². The molecule has 0 saturated heterocycles. The summed E-state index contributed by atoms with van der Waals surface area (Å²) in [6, 6.07) is 5.62. The molecule has 0 aliphatic heterocycles. The topological polar surface area (TPSA) is 114 Å². The molecule has 5 N–H and O–H groups in total. The van der Waals surface area contributed by atoms with Gasteiger partial charge in [-0.05, 0) is 31.9 Å². The number of pyridine rings is 2. The number of nitrogen functional groups attached to an aromatic ring is 1. The molecular formula is C23H26FN5O3. The second-order valence-electron chi connectivity index (χ2n) is 7.77. The van der Waals surface area contributed by atoms with Crippen LogP contribution in [0.25, 0.3) is 16.7 Å². The number of nitrogens with two attached hydrogens (primary N) is 1. The number of anilines is 3. The summed E-state index contributed by atoms with van der Waals surface area (Å²) in [6.07, 6.45) is 3.47. The van der Waals surface area contributed by atoms with Gasteiger partial charge < -0.3 is 30.8 Å². The van der Waals surface area contributed by atoms with Gasteiger partial charge in [-0.1, -0.05) is 12.6 Å². The molecule has 0 amide bonds. The lowest BCUT2D eigenvalue weighted by Crippen LogP contribution is -2.22. The molecule has 1 saturated carbocycles. The Labute approximate surface area is 184 Å². The van der Waals surface area contributed by atoms with Crippen molar-refractivity contribution in [2.24, 2.45) is 0 Å². The second-order valence-corrected chi connectivity index (χ2v) is 7.77. The van der Waals surface area contributed by atoms with Crippen LogP contribution in [0.4, 0.5) is 21.6 Å². The maximum absolute atomic E-state index is 15.4. The molecule has 8 nitrogen and oxygen atoms in total. The number of nitrogens with one attached hydrogen (secondary N) is 2. The van der Waals surface area contributed by atoms with Gasteiger partial charge >= 0.3 is 0 Å². The predicted molar refractivity (Wildman–Crippen MR) is 125 cm³/mol. The van der Waals surface area contributed by atoms with Crippen molar-refractivity contribution in [1.29, 1.82) is 0 Å². The summed E-state index contributed by atoms with van der Waals surface area (Å²) in [5, 5.41) is 16.2. The molecule has 32 heavy (non-hydrogen) atoms. The van der Waals surface area contributed by atoms with E-state index >= 15 is 4.39 Å². The highest BCUT2D eigenvalue weighted by Crippen LogP contribution is 2.46. The molecule has 4 rings (SSSR count). The first-order chi connectivity index (χ1) is 15.4. The maximum atomic E-state index is 15.4. The van der Waals surface area contributed by atoms with E-state index in [4.69, 9.17) is 10.5 Å². The van der Waals surface area contributed by atoms with Crippen LogP contribution in [0, 0.1) is 12.7 Å². The number of halogens is 1. The van der Waals surface area contributed by atoms with E-state index in [-0.39, 0.29) is 39.9 Å². The van der Waals surface area contributed by atoms with Gasteiger partial charge in [0, 0.05) is 31.0 Å². The number of ether oxygens (including phenoxy) is 1. The highest BCUT2D eigenvalue weighted by atomic mass is 19.1. The molecule has 0 bridgehead atoms. The second kappa shape index (κ2) is 8.41. The van der Waals surface area contributed by atoms with Gasteiger partial charge in [-0.15, -0.1) is 0 Å². The van der Waals surface area contributed by atoms with Gasteiger partial charge in [0.1, 0.15) is 17.3 Å². The fourth-order valence-electron chi connectivity index (χ4n) is 4.07. The van der Waals surface area contributed by atoms with Crippen molar-refractivity contribution in [3.63, 3.8) is 0 Å². The van der Waals surface area contributed by atoms with Gasteiger partial charge in [0.25, 0.3) is 0 Å². The highest BCUT2D eigenvalue weighted by molar-refractivity contribution is 6.01. The first kappa shape index (κ1) is 21.5. The molecule has 3 aromatic rings. The Kier molecular flexibility index (Phi) is 5.65. The SMILES string of the molecule is C=C(O)c1c(C)n(C2CC2)c2c(OC)c(NCCNc3ccccn3)c(F)c(N)c2c1=O. The standard InChI is InChI=1S/C23H26FN5O3/c1-12-16(13(2)30)22(31)17-19(25)18(24)20(23(32-3)21(17)29(12)14-7-8-14)28-11-10-27-15-6-4-5-9-26-15/h4-6,9,14,28,30H,2,7-8,10-11,25H2,1,3H3,(H,26,27). The summed E-state index contributed by atoms with van der Waals surface area (Å²) >= 11 is 0. The number of nitrogens with zero attached hydrogens (tertiary/aromatic N) is 2. The van der Waals surface area contributed by atoms with Gasteiger partial charge in [0.2, 0.25) is 5.43 Å². The fourth-order valence-corrected chi connectivity index (χ4v) is 4.07. The molecule has 9 heteroatoms. The summed E-state index contributed by atoms with van der Waals surface area (Å²) < 4.78 is 22.9. The quantitative estimate of drug-likeness (QED) is 0.240. The van der Waals surface area contributed by atoms with E-state index in [1.54, 1.807) is 13.1 Å². The zero-order chi connectivity index (χ0) is 23.0. The number of hydrogen-bond acceptors (Lipinski definition) is 7. The molecular weight excluding hydrogens is 413 g/mol. The fraction of sp³-hybridized carbons (Fsp3) is 0.304. The normalized spacial score (nSPS) is 13.2. The third-order valence-electron chi connectivity index (χ3n) is 5.62. The minimum atomic E-state index is -0.773. The Bertz CT molecular complexity index is 1250. The van der Waals surface area contributed by atoms with Crippen molar-refractivity contribution in [3.8, 4) is 5.75 Å². The number of hydrogen-bond donors (Lipinski definition) is 4. The van der Waals surface area contributed by atoms with E-state index in [0.29, 0.717) is 30.1 Å². The number of methoxy groups -OCH3 is 1. The number of benzene rings is 1. The first-order valence-corrected chi connectivity index (χ1v) is 10.4. The minimum absolute atomic E-state index is 0.0146. The molecule has 0 unspecified atom stereocenters. The summed E-state index contributed by atoms with van der Waals surface area (Å²) in [6.45, 7) is 6.07. The van der Waals surface area contributed by atoms with Crippen LogP contribution in [0.5, 0.6) is 5.75 Å². The average Bonchev–Trinajstić information content (AvgIpc) is 3.60. The van der Waals surface area contributed by atoms with Crippen molar-refractivity contribution < 1.29 is 14.2 Å². The monoisotopic (exact) mass is 439 g/mol. The van der Waals surface area contributed by atoms with Gasteiger partial charge in [-0.2, -0.15) is 0 Å². The molecule has 0 spiro atoms. The molecule has 1 aliphatic carbocycles. The smallest absolute Gasteiger partial charge is 0.202 e. The van der Waals surface area contributed by atoms with Crippen molar-refractivity contribution in [2.45, 2.75) is 25.8 Å². The lowest BCUT2D eigenvalue weighted by molar-refractivity contribution is 0.415. The van der Waals surface area contributed by atoms with Gasteiger partial charge in [0.15, 0.2) is 11.6 Å². The molecule has 0 atom stereocenters. The Hall–Kier alpha value is -3.75. The lowest BCUT2D eigenvalue weighted by atomic mass is 10.0. The largest absolute Gasteiger partial charge is 0.508 e. The maximum Gasteiger partial charge on any atom is 0.202 e. The number of aromatic nitrogens is 2. The van der Waals surface area contributed by atoms with Crippen LogP contribution in [0.2, 0.25) is 0 Å². The summed E-state index contributed by atoms with van der Waals surface area (Å²) in [5.41, 5.74) is 6.36. The van der Waals surface area contributed by atoms with Crippen LogP contribution in [0.1, 0.15) is 30.1 Å². The molecule has 1 aromatic carbocycles. The van der Waals surface area contributed by atoms with E-state index in [1.165, 1.54) is 7.11 Å². The minimum Gasteiger partial charge on any atom is -0.508 e. The van der Waals surface area contributed by atoms with Crippen molar-refractivity contribution in [1.82, 2.24) is 9.55 Å². The van der Waals surface area contributed by atoms with E-state index in [0.717, 1.165) is 12.8 Å². The lowest BCUT2D eigenvalue weighted by Gasteiger charge is -2.23. The summed E-state index contributed by atoms with van der Waals surface area (Å²) in [7, 11) is 1.43. The molecule has 1 fully saturated rings. The van der Waals surface area contributed by atoms with Crippen LogP contribution in [0.3, 0.4) is 0 Å². The van der Waals surface area contributed by atoms with E-state index in [9.17, 15) is 9.90 Å². The molecule has 2 heterocycles. The van der Waals surface area contributed by atoms with Crippen LogP contribution in [-0.4, -0.2) is 34.9 Å². The van der Waals surface area contributed by atoms with Gasteiger partial charge in [-0.3, -0.25) is 4.79 Å².